The highest BCUT2D eigenvalue weighted by Gasteiger charge is 2.07. The van der Waals surface area contributed by atoms with Gasteiger partial charge < -0.3 is 0 Å². The Labute approximate surface area is 79.6 Å². The fraction of sp³-hybridized carbons (Fsp3) is 0.100. The van der Waals surface area contributed by atoms with Gasteiger partial charge in [-0.15, -0.1) is 0 Å². The maximum Gasteiger partial charge on any atom is 0.178 e. The normalized spacial score (nSPS) is 10.4. The van der Waals surface area contributed by atoms with E-state index in [4.69, 9.17) is 0 Å². The van der Waals surface area contributed by atoms with Crippen LogP contribution in [-0.2, 0) is 0 Å². The van der Waals surface area contributed by atoms with Crippen molar-refractivity contribution in [3.05, 3.63) is 36.0 Å². The van der Waals surface area contributed by atoms with Crippen LogP contribution in [0.3, 0.4) is 0 Å². The summed E-state index contributed by atoms with van der Waals surface area (Å²) in [5.41, 5.74) is 0.778. The average molecular weight is 190 g/mol. The van der Waals surface area contributed by atoms with Gasteiger partial charge in [0.15, 0.2) is 5.78 Å². The molecule has 0 N–H and O–H groups in total. The van der Waals surface area contributed by atoms with Gasteiger partial charge in [-0.1, -0.05) is 0 Å². The van der Waals surface area contributed by atoms with Crippen LogP contribution in [0.15, 0.2) is 24.5 Å². The molecule has 0 aliphatic heterocycles. The lowest BCUT2D eigenvalue weighted by atomic mass is 10.1. The van der Waals surface area contributed by atoms with E-state index in [1.165, 1.54) is 31.5 Å². The van der Waals surface area contributed by atoms with Crippen LogP contribution in [0.5, 0.6) is 0 Å². The quantitative estimate of drug-likeness (QED) is 0.645. The van der Waals surface area contributed by atoms with Crippen molar-refractivity contribution in [1.29, 1.82) is 0 Å². The summed E-state index contributed by atoms with van der Waals surface area (Å²) < 4.78 is 12.8. The second-order valence-electron chi connectivity index (χ2n) is 2.94. The first-order valence-corrected chi connectivity index (χ1v) is 4.09. The summed E-state index contributed by atoms with van der Waals surface area (Å²) in [6.45, 7) is 1.42. The highest BCUT2D eigenvalue weighted by Crippen LogP contribution is 2.15. The van der Waals surface area contributed by atoms with Crippen molar-refractivity contribution in [3.63, 3.8) is 0 Å². The third kappa shape index (κ3) is 1.35. The molecule has 0 aliphatic carbocycles. The monoisotopic (exact) mass is 190 g/mol. The number of benzene rings is 1. The van der Waals surface area contributed by atoms with Crippen LogP contribution in [0, 0.1) is 5.82 Å². The lowest BCUT2D eigenvalue weighted by Gasteiger charge is -2.00. The predicted molar refractivity (Wildman–Crippen MR) is 49.5 cm³/mol. The van der Waals surface area contributed by atoms with Gasteiger partial charge in [0, 0.05) is 18.4 Å². The Morgan fingerprint density at radius 2 is 2.14 bits per heavy atom. The molecule has 0 radical (unpaired) electrons. The molecular weight excluding hydrogens is 183 g/mol. The van der Waals surface area contributed by atoms with Crippen molar-refractivity contribution < 1.29 is 9.18 Å². The number of halogens is 1. The second-order valence-corrected chi connectivity index (χ2v) is 2.94. The van der Waals surface area contributed by atoms with Crippen molar-refractivity contribution >= 4 is 16.7 Å². The fourth-order valence-corrected chi connectivity index (χ4v) is 1.31. The first-order chi connectivity index (χ1) is 6.68. The van der Waals surface area contributed by atoms with E-state index in [2.05, 4.69) is 9.97 Å². The summed E-state index contributed by atoms with van der Waals surface area (Å²) in [5.74, 6) is -0.519. The number of aromatic nitrogens is 2. The smallest absolute Gasteiger partial charge is 0.178 e. The largest absolute Gasteiger partial charge is 0.293 e. The number of ketones is 1. The molecule has 0 spiro atoms. The summed E-state index contributed by atoms with van der Waals surface area (Å²) in [6.07, 6.45) is 1.26. The molecule has 0 atom stereocenters. The van der Waals surface area contributed by atoms with Gasteiger partial charge in [-0.05, 0) is 12.1 Å². The minimum atomic E-state index is -0.370. The predicted octanol–water partition coefficient (Wildman–Crippen LogP) is 1.97. The Kier molecular flexibility index (Phi) is 1.96. The number of hydrogen-bond donors (Lipinski definition) is 0. The molecule has 0 amide bonds. The number of rotatable bonds is 1. The van der Waals surface area contributed by atoms with E-state index in [-0.39, 0.29) is 11.6 Å². The SMILES string of the molecule is CC(=O)c1ncnc2cc(F)ccc12. The molecule has 70 valence electrons. The van der Waals surface area contributed by atoms with Crippen LogP contribution in [0.2, 0.25) is 0 Å². The minimum absolute atomic E-state index is 0.149. The van der Waals surface area contributed by atoms with Gasteiger partial charge in [-0.3, -0.25) is 4.79 Å². The van der Waals surface area contributed by atoms with E-state index in [0.717, 1.165) is 0 Å². The number of carbonyl (C=O) groups is 1. The van der Waals surface area contributed by atoms with Gasteiger partial charge in [-0.25, -0.2) is 14.4 Å². The summed E-state index contributed by atoms with van der Waals surface area (Å²) in [7, 11) is 0. The molecule has 0 saturated carbocycles. The average Bonchev–Trinajstić information content (AvgIpc) is 2.16. The molecule has 1 aromatic heterocycles. The van der Waals surface area contributed by atoms with Gasteiger partial charge >= 0.3 is 0 Å². The Morgan fingerprint density at radius 1 is 1.36 bits per heavy atom. The molecule has 0 fully saturated rings. The maximum absolute atomic E-state index is 12.8. The van der Waals surface area contributed by atoms with E-state index < -0.39 is 0 Å². The zero-order valence-electron chi connectivity index (χ0n) is 7.49. The molecule has 0 bridgehead atoms. The third-order valence-electron chi connectivity index (χ3n) is 1.93. The molecule has 1 aromatic carbocycles. The Morgan fingerprint density at radius 3 is 2.86 bits per heavy atom. The lowest BCUT2D eigenvalue weighted by Crippen LogP contribution is -1.99. The van der Waals surface area contributed by atoms with Gasteiger partial charge in [0.05, 0.1) is 5.52 Å². The van der Waals surface area contributed by atoms with Crippen LogP contribution in [0.4, 0.5) is 4.39 Å². The summed E-state index contributed by atoms with van der Waals surface area (Å²) >= 11 is 0. The van der Waals surface area contributed by atoms with Crippen LogP contribution in [0.25, 0.3) is 10.9 Å². The Balaban J connectivity index is 2.81. The van der Waals surface area contributed by atoms with E-state index in [0.29, 0.717) is 16.6 Å². The Hall–Kier alpha value is -1.84. The van der Waals surface area contributed by atoms with E-state index in [9.17, 15) is 9.18 Å². The van der Waals surface area contributed by atoms with Crippen molar-refractivity contribution in [2.75, 3.05) is 0 Å². The first-order valence-electron chi connectivity index (χ1n) is 4.09. The molecule has 4 heteroatoms. The molecule has 3 nitrogen and oxygen atoms in total. The van der Waals surface area contributed by atoms with Gasteiger partial charge in [0.1, 0.15) is 17.8 Å². The maximum atomic E-state index is 12.8. The number of nitrogens with zero attached hydrogens (tertiary/aromatic N) is 2. The minimum Gasteiger partial charge on any atom is -0.293 e. The van der Waals surface area contributed by atoms with Crippen molar-refractivity contribution in [2.24, 2.45) is 0 Å². The fourth-order valence-electron chi connectivity index (χ4n) is 1.31. The topological polar surface area (TPSA) is 42.9 Å². The zero-order valence-corrected chi connectivity index (χ0v) is 7.49. The van der Waals surface area contributed by atoms with E-state index in [1.807, 2.05) is 0 Å². The van der Waals surface area contributed by atoms with Crippen molar-refractivity contribution in [2.45, 2.75) is 6.92 Å². The molecule has 1 heterocycles. The molecule has 2 aromatic rings. The highest BCUT2D eigenvalue weighted by molar-refractivity contribution is 6.03. The molecular formula is C10H7FN2O. The third-order valence-corrected chi connectivity index (χ3v) is 1.93. The van der Waals surface area contributed by atoms with E-state index in [1.54, 1.807) is 0 Å². The number of carbonyl (C=O) groups excluding carboxylic acids is 1. The lowest BCUT2D eigenvalue weighted by molar-refractivity contribution is 0.101. The van der Waals surface area contributed by atoms with Crippen LogP contribution >= 0.6 is 0 Å². The van der Waals surface area contributed by atoms with E-state index >= 15 is 0 Å². The summed E-state index contributed by atoms with van der Waals surface area (Å²) in [6, 6.07) is 4.09. The molecule has 0 aliphatic rings. The number of Topliss-reactive ketones (excluding diaryl/α,β-unsaturated/α-hetero) is 1. The molecule has 14 heavy (non-hydrogen) atoms. The standard InChI is InChI=1S/C10H7FN2O/c1-6(14)10-8-3-2-7(11)4-9(8)12-5-13-10/h2-5H,1H3. The first kappa shape index (κ1) is 8.74. The second kappa shape index (κ2) is 3.14. The van der Waals surface area contributed by atoms with Crippen molar-refractivity contribution in [3.8, 4) is 0 Å². The number of fused-ring (bicyclic) bond motifs is 1. The summed E-state index contributed by atoms with van der Waals surface area (Å²) in [5, 5.41) is 0.585. The zero-order chi connectivity index (χ0) is 10.1. The van der Waals surface area contributed by atoms with Crippen LogP contribution < -0.4 is 0 Å². The number of hydrogen-bond acceptors (Lipinski definition) is 3. The highest BCUT2D eigenvalue weighted by atomic mass is 19.1. The Bertz CT molecular complexity index is 510. The van der Waals surface area contributed by atoms with Crippen molar-refractivity contribution in [1.82, 2.24) is 9.97 Å². The molecule has 2 rings (SSSR count). The van der Waals surface area contributed by atoms with Crippen LogP contribution in [0.1, 0.15) is 17.4 Å². The van der Waals surface area contributed by atoms with Gasteiger partial charge in [0.25, 0.3) is 0 Å². The molecule has 0 saturated heterocycles. The van der Waals surface area contributed by atoms with Gasteiger partial charge in [0.2, 0.25) is 0 Å². The van der Waals surface area contributed by atoms with Gasteiger partial charge in [-0.2, -0.15) is 0 Å². The van der Waals surface area contributed by atoms with Crippen LogP contribution in [-0.4, -0.2) is 15.8 Å². The molecule has 0 unspecified atom stereocenters. The summed E-state index contributed by atoms with van der Waals surface area (Å²) in [4.78, 5) is 18.9.